The van der Waals surface area contributed by atoms with Gasteiger partial charge < -0.3 is 24.9 Å². The first kappa shape index (κ1) is 23.0. The van der Waals surface area contributed by atoms with Crippen molar-refractivity contribution in [1.82, 2.24) is 0 Å². The Balaban J connectivity index is 3.11. The SMILES string of the molecule is O=P(O)(O)C(C(=S)Nc1cccc(NS(=O)(=O)C(F)(F)F)c1)P(=O)(O)O. The van der Waals surface area contributed by atoms with E-state index in [0.29, 0.717) is 0 Å². The average Bonchev–Trinajstić information content (AvgIpc) is 2.32. The molecule has 0 fully saturated rings. The molecule has 0 aliphatic heterocycles. The molecule has 0 saturated heterocycles. The molecule has 148 valence electrons. The standard InChI is InChI=1S/C9H11F3N2O8P2S2/c10-9(11,12)26(21,22)14-6-3-1-2-5(4-6)13-7(25)8(23(15,16)17)24(18,19)20/h1-4,8,14H,(H,13,25)(H2,15,16,17)(H2,18,19,20). The maximum atomic E-state index is 12.3. The van der Waals surface area contributed by atoms with Crippen LogP contribution in [-0.2, 0) is 19.2 Å². The van der Waals surface area contributed by atoms with Crippen molar-refractivity contribution in [2.45, 2.75) is 10.9 Å². The van der Waals surface area contributed by atoms with E-state index in [1.807, 2.05) is 0 Å². The van der Waals surface area contributed by atoms with Gasteiger partial charge in [0.2, 0.25) is 5.40 Å². The summed E-state index contributed by atoms with van der Waals surface area (Å²) >= 11 is 4.55. The molecule has 6 N–H and O–H groups in total. The van der Waals surface area contributed by atoms with Gasteiger partial charge in [0.25, 0.3) is 0 Å². The molecule has 0 atom stereocenters. The summed E-state index contributed by atoms with van der Waals surface area (Å²) in [5.41, 5.74) is -6.44. The van der Waals surface area contributed by atoms with Crippen molar-refractivity contribution >= 4 is 53.8 Å². The Morgan fingerprint density at radius 1 is 1.08 bits per heavy atom. The van der Waals surface area contributed by atoms with Crippen molar-refractivity contribution in [1.29, 1.82) is 0 Å². The predicted octanol–water partition coefficient (Wildman–Crippen LogP) is 1.37. The monoisotopic (exact) mass is 458 g/mol. The average molecular weight is 458 g/mol. The molecule has 0 bridgehead atoms. The van der Waals surface area contributed by atoms with Gasteiger partial charge in [-0.15, -0.1) is 0 Å². The van der Waals surface area contributed by atoms with E-state index in [1.165, 1.54) is 4.72 Å². The molecular formula is C9H11F3N2O8P2S2. The molecule has 0 aromatic heterocycles. The highest BCUT2D eigenvalue weighted by molar-refractivity contribution is 7.93. The molecule has 1 rings (SSSR count). The molecular weight excluding hydrogens is 447 g/mol. The van der Waals surface area contributed by atoms with Crippen LogP contribution >= 0.6 is 27.4 Å². The quantitative estimate of drug-likeness (QED) is 0.270. The fourth-order valence-corrected chi connectivity index (χ4v) is 5.38. The number of hydrogen-bond acceptors (Lipinski definition) is 5. The molecule has 10 nitrogen and oxygen atoms in total. The lowest BCUT2D eigenvalue weighted by Crippen LogP contribution is -2.30. The summed E-state index contributed by atoms with van der Waals surface area (Å²) in [6, 6.07) is 3.87. The highest BCUT2D eigenvalue weighted by Gasteiger charge is 2.47. The fourth-order valence-electron chi connectivity index (χ4n) is 1.58. The number of sulfonamides is 1. The number of anilines is 2. The van der Waals surface area contributed by atoms with Crippen LogP contribution in [0.3, 0.4) is 0 Å². The van der Waals surface area contributed by atoms with E-state index in [4.69, 9.17) is 19.6 Å². The molecule has 0 amide bonds. The van der Waals surface area contributed by atoms with Crippen LogP contribution in [-0.4, -0.2) is 43.9 Å². The zero-order valence-corrected chi connectivity index (χ0v) is 15.6. The van der Waals surface area contributed by atoms with Gasteiger partial charge in [0, 0.05) is 5.69 Å². The molecule has 0 spiro atoms. The number of rotatable bonds is 6. The van der Waals surface area contributed by atoms with Crippen LogP contribution in [0.25, 0.3) is 0 Å². The molecule has 0 radical (unpaired) electrons. The van der Waals surface area contributed by atoms with Crippen LogP contribution in [0.1, 0.15) is 0 Å². The number of nitrogens with one attached hydrogen (secondary N) is 2. The van der Waals surface area contributed by atoms with Crippen molar-refractivity contribution in [3.05, 3.63) is 24.3 Å². The summed E-state index contributed by atoms with van der Waals surface area (Å²) < 4.78 is 82.8. The predicted molar refractivity (Wildman–Crippen MR) is 89.1 cm³/mol. The summed E-state index contributed by atoms with van der Waals surface area (Å²) in [4.78, 5) is 35.1. The second-order valence-corrected chi connectivity index (χ2v) is 10.6. The smallest absolute Gasteiger partial charge is 0.349 e. The van der Waals surface area contributed by atoms with Crippen LogP contribution in [0.4, 0.5) is 24.5 Å². The van der Waals surface area contributed by atoms with E-state index >= 15 is 0 Å². The number of alkyl halides is 3. The molecule has 0 aliphatic carbocycles. The van der Waals surface area contributed by atoms with Crippen molar-refractivity contribution in [2.75, 3.05) is 10.0 Å². The molecule has 1 aromatic rings. The summed E-state index contributed by atoms with van der Waals surface area (Å²) in [5, 5.41) is -0.629. The Hall–Kier alpha value is -1.05. The van der Waals surface area contributed by atoms with Crippen molar-refractivity contribution in [2.24, 2.45) is 0 Å². The normalized spacial score (nSPS) is 13.5. The minimum Gasteiger partial charge on any atom is -0.349 e. The second-order valence-electron chi connectivity index (χ2n) is 4.67. The van der Waals surface area contributed by atoms with E-state index in [0.717, 1.165) is 24.3 Å². The van der Waals surface area contributed by atoms with Gasteiger partial charge >= 0.3 is 30.7 Å². The summed E-state index contributed by atoms with van der Waals surface area (Å²) in [5.74, 6) is 0. The highest BCUT2D eigenvalue weighted by Crippen LogP contribution is 2.60. The largest absolute Gasteiger partial charge is 0.516 e. The zero-order valence-electron chi connectivity index (χ0n) is 12.2. The molecule has 0 unspecified atom stereocenters. The highest BCUT2D eigenvalue weighted by atomic mass is 32.2. The maximum absolute atomic E-state index is 12.3. The van der Waals surface area contributed by atoms with E-state index < -0.39 is 46.8 Å². The maximum Gasteiger partial charge on any atom is 0.516 e. The topological polar surface area (TPSA) is 173 Å². The van der Waals surface area contributed by atoms with Gasteiger partial charge in [0.15, 0.2) is 0 Å². The first-order valence-corrected chi connectivity index (χ1v) is 11.3. The third kappa shape index (κ3) is 5.99. The molecule has 26 heavy (non-hydrogen) atoms. The summed E-state index contributed by atoms with van der Waals surface area (Å²) in [6.45, 7) is 0. The minimum atomic E-state index is -5.72. The van der Waals surface area contributed by atoms with Gasteiger partial charge in [-0.2, -0.15) is 21.6 Å². The number of benzene rings is 1. The van der Waals surface area contributed by atoms with Gasteiger partial charge in [-0.3, -0.25) is 13.9 Å². The Morgan fingerprint density at radius 2 is 1.54 bits per heavy atom. The number of halogens is 3. The van der Waals surface area contributed by atoms with Gasteiger partial charge in [0.1, 0.15) is 4.99 Å². The van der Waals surface area contributed by atoms with E-state index in [1.54, 1.807) is 0 Å². The molecule has 0 aliphatic rings. The van der Waals surface area contributed by atoms with Crippen LogP contribution in [0, 0.1) is 0 Å². The van der Waals surface area contributed by atoms with Gasteiger partial charge in [-0.25, -0.2) is 0 Å². The molecule has 0 saturated carbocycles. The first-order chi connectivity index (χ1) is 11.4. The van der Waals surface area contributed by atoms with Crippen LogP contribution in [0.15, 0.2) is 24.3 Å². The van der Waals surface area contributed by atoms with Crippen LogP contribution in [0.2, 0.25) is 0 Å². The molecule has 0 heterocycles. The zero-order chi connectivity index (χ0) is 20.6. The van der Waals surface area contributed by atoms with Gasteiger partial charge in [-0.1, -0.05) is 18.3 Å². The lowest BCUT2D eigenvalue weighted by Gasteiger charge is -2.21. The Morgan fingerprint density at radius 3 is 1.96 bits per heavy atom. The van der Waals surface area contributed by atoms with Gasteiger partial charge in [0.05, 0.1) is 5.69 Å². The lowest BCUT2D eigenvalue weighted by molar-refractivity contribution is -0.0429. The van der Waals surface area contributed by atoms with Gasteiger partial charge in [-0.05, 0) is 18.2 Å². The Bertz CT molecular complexity index is 872. The van der Waals surface area contributed by atoms with E-state index in [2.05, 4.69) is 17.5 Å². The number of thiocarbonyl (C=S) groups is 1. The summed E-state index contributed by atoms with van der Waals surface area (Å²) in [6.07, 6.45) is 0. The van der Waals surface area contributed by atoms with E-state index in [9.17, 15) is 30.7 Å². The molecule has 1 aromatic carbocycles. The van der Waals surface area contributed by atoms with Crippen LogP contribution in [0.5, 0.6) is 0 Å². The second kappa shape index (κ2) is 7.52. The third-order valence-electron chi connectivity index (χ3n) is 2.56. The van der Waals surface area contributed by atoms with E-state index in [-0.39, 0.29) is 5.69 Å². The third-order valence-corrected chi connectivity index (χ3v) is 7.96. The van der Waals surface area contributed by atoms with Crippen molar-refractivity contribution in [3.63, 3.8) is 0 Å². The Labute approximate surface area is 149 Å². The van der Waals surface area contributed by atoms with Crippen molar-refractivity contribution in [3.8, 4) is 0 Å². The lowest BCUT2D eigenvalue weighted by atomic mass is 10.3. The number of hydrogen-bond donors (Lipinski definition) is 6. The molecule has 17 heteroatoms. The van der Waals surface area contributed by atoms with Crippen molar-refractivity contribution < 1.29 is 50.3 Å². The Kier molecular flexibility index (Phi) is 6.65. The first-order valence-electron chi connectivity index (χ1n) is 6.05. The minimum absolute atomic E-state index is 0.274. The van der Waals surface area contributed by atoms with Crippen LogP contribution < -0.4 is 10.0 Å². The fraction of sp³-hybridized carbons (Fsp3) is 0.222. The summed E-state index contributed by atoms with van der Waals surface area (Å²) in [7, 11) is -16.5.